The summed E-state index contributed by atoms with van der Waals surface area (Å²) in [6.07, 6.45) is 3.16. The fraction of sp³-hybridized carbons (Fsp3) is 1.00. The molecule has 0 aliphatic carbocycles. The molecule has 3 N–H and O–H groups in total. The van der Waals surface area contributed by atoms with Crippen LogP contribution in [0, 0.1) is 5.92 Å². The normalized spacial score (nSPS) is 17.0. The zero-order valence-electron chi connectivity index (χ0n) is 8.18. The molecule has 0 amide bonds. The van der Waals surface area contributed by atoms with Crippen LogP contribution in [0.4, 0.5) is 0 Å². The van der Waals surface area contributed by atoms with Gasteiger partial charge in [0.05, 0.1) is 0 Å². The van der Waals surface area contributed by atoms with E-state index in [2.05, 4.69) is 0 Å². The molecule has 0 spiro atoms. The van der Waals surface area contributed by atoms with Crippen LogP contribution in [0.25, 0.3) is 0 Å². The highest BCUT2D eigenvalue weighted by Crippen LogP contribution is 2.45. The van der Waals surface area contributed by atoms with Gasteiger partial charge in [-0.25, -0.2) is 0 Å². The molecule has 5 heteroatoms. The van der Waals surface area contributed by atoms with Crippen molar-refractivity contribution in [3.8, 4) is 0 Å². The first kappa shape index (κ1) is 13.1. The minimum atomic E-state index is -4.31. The van der Waals surface area contributed by atoms with E-state index in [9.17, 15) is 9.67 Å². The van der Waals surface area contributed by atoms with E-state index in [4.69, 9.17) is 9.79 Å². The maximum absolute atomic E-state index is 10.7. The van der Waals surface area contributed by atoms with Gasteiger partial charge in [-0.1, -0.05) is 33.1 Å². The Morgan fingerprint density at radius 2 is 1.85 bits per heavy atom. The van der Waals surface area contributed by atoms with Gasteiger partial charge in [-0.15, -0.1) is 0 Å². The van der Waals surface area contributed by atoms with E-state index in [1.54, 1.807) is 0 Å². The van der Waals surface area contributed by atoms with Crippen LogP contribution < -0.4 is 0 Å². The molecule has 0 saturated heterocycles. The first-order valence-electron chi connectivity index (χ1n) is 4.66. The topological polar surface area (TPSA) is 77.8 Å². The van der Waals surface area contributed by atoms with E-state index in [1.807, 2.05) is 13.8 Å². The lowest BCUT2D eigenvalue weighted by atomic mass is 10.0. The Morgan fingerprint density at radius 3 is 2.15 bits per heavy atom. The summed E-state index contributed by atoms with van der Waals surface area (Å²) >= 11 is 0. The molecule has 0 saturated carbocycles. The molecular formula is C8H19O4P. The van der Waals surface area contributed by atoms with E-state index in [0.29, 0.717) is 12.8 Å². The highest BCUT2D eigenvalue weighted by Gasteiger charge is 2.32. The molecule has 4 nitrogen and oxygen atoms in total. The Balaban J connectivity index is 4.15. The summed E-state index contributed by atoms with van der Waals surface area (Å²) in [5.74, 6) is -1.76. The molecular weight excluding hydrogens is 191 g/mol. The summed E-state index contributed by atoms with van der Waals surface area (Å²) in [5, 5.41) is 9.31. The van der Waals surface area contributed by atoms with Crippen molar-refractivity contribution < 1.29 is 19.5 Å². The lowest BCUT2D eigenvalue weighted by Crippen LogP contribution is -2.19. The summed E-state index contributed by atoms with van der Waals surface area (Å²) in [6.45, 7) is 3.84. The van der Waals surface area contributed by atoms with Crippen LogP contribution in [-0.2, 0) is 4.57 Å². The van der Waals surface area contributed by atoms with Crippen molar-refractivity contribution in [3.63, 3.8) is 0 Å². The molecule has 2 atom stereocenters. The van der Waals surface area contributed by atoms with Crippen LogP contribution >= 0.6 is 7.60 Å². The van der Waals surface area contributed by atoms with Crippen LogP contribution in [0.5, 0.6) is 0 Å². The second-order valence-corrected chi connectivity index (χ2v) is 5.02. The molecule has 0 radical (unpaired) electrons. The van der Waals surface area contributed by atoms with Gasteiger partial charge in [0.25, 0.3) is 0 Å². The fourth-order valence-electron chi connectivity index (χ4n) is 1.30. The SMILES string of the molecule is CCCC[C@@H](CC)[C@H](O)P(=O)(O)O. The van der Waals surface area contributed by atoms with Crippen molar-refractivity contribution >= 4 is 7.60 Å². The Labute approximate surface area is 79.1 Å². The second kappa shape index (κ2) is 5.76. The van der Waals surface area contributed by atoms with Crippen molar-refractivity contribution in [2.24, 2.45) is 5.92 Å². The predicted octanol–water partition coefficient (Wildman–Crippen LogP) is 1.70. The van der Waals surface area contributed by atoms with Crippen molar-refractivity contribution in [3.05, 3.63) is 0 Å². The fourth-order valence-corrected chi connectivity index (χ4v) is 2.21. The Morgan fingerprint density at radius 1 is 1.31 bits per heavy atom. The summed E-state index contributed by atoms with van der Waals surface area (Å²) in [7, 11) is -4.31. The zero-order valence-corrected chi connectivity index (χ0v) is 9.07. The van der Waals surface area contributed by atoms with Crippen molar-refractivity contribution in [1.29, 1.82) is 0 Å². The number of hydrogen-bond donors (Lipinski definition) is 3. The smallest absolute Gasteiger partial charge is 0.354 e. The molecule has 0 aromatic rings. The summed E-state index contributed by atoms with van der Waals surface area (Å²) in [6, 6.07) is 0. The molecule has 0 rings (SSSR count). The average Bonchev–Trinajstić information content (AvgIpc) is 2.04. The first-order chi connectivity index (χ1) is 5.93. The van der Waals surface area contributed by atoms with E-state index in [0.717, 1.165) is 12.8 Å². The molecule has 0 aromatic heterocycles. The van der Waals surface area contributed by atoms with Crippen molar-refractivity contribution in [2.75, 3.05) is 0 Å². The van der Waals surface area contributed by atoms with Gasteiger partial charge in [-0.3, -0.25) is 4.57 Å². The molecule has 0 bridgehead atoms. The van der Waals surface area contributed by atoms with E-state index in [1.165, 1.54) is 0 Å². The number of aliphatic hydroxyl groups is 1. The molecule has 0 fully saturated rings. The Hall–Kier alpha value is 0.110. The van der Waals surface area contributed by atoms with Crippen molar-refractivity contribution in [1.82, 2.24) is 0 Å². The van der Waals surface area contributed by atoms with Gasteiger partial charge in [0.1, 0.15) is 0 Å². The number of rotatable bonds is 6. The molecule has 13 heavy (non-hydrogen) atoms. The van der Waals surface area contributed by atoms with Gasteiger partial charge >= 0.3 is 7.60 Å². The molecule has 80 valence electrons. The maximum atomic E-state index is 10.7. The van der Waals surface area contributed by atoms with Crippen molar-refractivity contribution in [2.45, 2.75) is 45.4 Å². The second-order valence-electron chi connectivity index (χ2n) is 3.31. The molecule has 0 unspecified atom stereocenters. The minimum absolute atomic E-state index is 0.277. The summed E-state index contributed by atoms with van der Waals surface area (Å²) in [4.78, 5) is 17.5. The first-order valence-corrected chi connectivity index (χ1v) is 6.34. The van der Waals surface area contributed by atoms with E-state index >= 15 is 0 Å². The van der Waals surface area contributed by atoms with E-state index < -0.39 is 13.4 Å². The highest BCUT2D eigenvalue weighted by molar-refractivity contribution is 7.52. The van der Waals surface area contributed by atoms with Crippen LogP contribution in [0.1, 0.15) is 39.5 Å². The largest absolute Gasteiger partial charge is 0.380 e. The minimum Gasteiger partial charge on any atom is -0.380 e. The molecule has 0 heterocycles. The standard InChI is InChI=1S/C8H19O4P/c1-3-5-6-7(4-2)8(9)13(10,11)12/h7-9H,3-6H2,1-2H3,(H2,10,11,12)/t7-,8-/m1/s1. The quantitative estimate of drug-likeness (QED) is 0.583. The zero-order chi connectivity index (χ0) is 10.5. The van der Waals surface area contributed by atoms with Gasteiger partial charge in [0.15, 0.2) is 5.85 Å². The van der Waals surface area contributed by atoms with Gasteiger partial charge in [0.2, 0.25) is 0 Å². The van der Waals surface area contributed by atoms with E-state index in [-0.39, 0.29) is 5.92 Å². The predicted molar refractivity (Wildman–Crippen MR) is 51.4 cm³/mol. The van der Waals surface area contributed by atoms with Gasteiger partial charge in [-0.2, -0.15) is 0 Å². The lowest BCUT2D eigenvalue weighted by molar-refractivity contribution is 0.136. The number of unbranched alkanes of at least 4 members (excludes halogenated alkanes) is 1. The van der Waals surface area contributed by atoms with Gasteiger partial charge in [-0.05, 0) is 12.3 Å². The molecule has 0 aliphatic rings. The van der Waals surface area contributed by atoms with Gasteiger partial charge < -0.3 is 14.9 Å². The summed E-state index contributed by atoms with van der Waals surface area (Å²) in [5.41, 5.74) is 0. The lowest BCUT2D eigenvalue weighted by Gasteiger charge is -2.21. The van der Waals surface area contributed by atoms with Crippen LogP contribution in [0.3, 0.4) is 0 Å². The molecule has 0 aromatic carbocycles. The Kier molecular flexibility index (Phi) is 5.81. The summed E-state index contributed by atoms with van der Waals surface area (Å²) < 4.78 is 10.7. The molecule has 0 aliphatic heterocycles. The third kappa shape index (κ3) is 4.77. The monoisotopic (exact) mass is 210 g/mol. The average molecular weight is 210 g/mol. The maximum Gasteiger partial charge on any atom is 0.354 e. The van der Waals surface area contributed by atoms with Crippen LogP contribution in [0.15, 0.2) is 0 Å². The number of hydrogen-bond acceptors (Lipinski definition) is 2. The highest BCUT2D eigenvalue weighted by atomic mass is 31.2. The third-order valence-electron chi connectivity index (χ3n) is 2.22. The third-order valence-corrected chi connectivity index (χ3v) is 3.33. The van der Waals surface area contributed by atoms with Crippen LogP contribution in [0.2, 0.25) is 0 Å². The number of aliphatic hydroxyl groups excluding tert-OH is 1. The van der Waals surface area contributed by atoms with Crippen LogP contribution in [-0.4, -0.2) is 20.7 Å². The van der Waals surface area contributed by atoms with Gasteiger partial charge in [0, 0.05) is 0 Å². The Bertz CT molecular complexity index is 177.